The van der Waals surface area contributed by atoms with E-state index in [1.807, 2.05) is 0 Å². The molecule has 0 aliphatic carbocycles. The standard InChI is InChI=1S/C13H29NO2S/c1-5-8-13(3,12-14-10-6-2)9-7-11-17(4,15)16/h14H,5-12H2,1-4H3. The van der Waals surface area contributed by atoms with Gasteiger partial charge in [0.2, 0.25) is 0 Å². The number of rotatable bonds is 10. The van der Waals surface area contributed by atoms with Crippen LogP contribution in [0.25, 0.3) is 0 Å². The highest BCUT2D eigenvalue weighted by atomic mass is 32.2. The van der Waals surface area contributed by atoms with E-state index in [-0.39, 0.29) is 5.41 Å². The van der Waals surface area contributed by atoms with Gasteiger partial charge in [0.05, 0.1) is 0 Å². The molecule has 0 aromatic rings. The van der Waals surface area contributed by atoms with E-state index in [0.717, 1.165) is 45.2 Å². The minimum absolute atomic E-state index is 0.245. The van der Waals surface area contributed by atoms with Gasteiger partial charge < -0.3 is 5.32 Å². The van der Waals surface area contributed by atoms with Crippen LogP contribution < -0.4 is 5.32 Å². The van der Waals surface area contributed by atoms with E-state index in [2.05, 4.69) is 26.1 Å². The summed E-state index contributed by atoms with van der Waals surface area (Å²) in [5, 5.41) is 3.46. The van der Waals surface area contributed by atoms with Gasteiger partial charge in [-0.25, -0.2) is 8.42 Å². The van der Waals surface area contributed by atoms with E-state index in [1.54, 1.807) is 0 Å². The van der Waals surface area contributed by atoms with E-state index in [9.17, 15) is 8.42 Å². The smallest absolute Gasteiger partial charge is 0.147 e. The van der Waals surface area contributed by atoms with Crippen LogP contribution in [0.1, 0.15) is 52.9 Å². The van der Waals surface area contributed by atoms with E-state index < -0.39 is 9.84 Å². The first kappa shape index (κ1) is 16.9. The summed E-state index contributed by atoms with van der Waals surface area (Å²) in [5.41, 5.74) is 0.245. The molecule has 0 radical (unpaired) electrons. The molecule has 0 aromatic carbocycles. The summed E-state index contributed by atoms with van der Waals surface area (Å²) in [7, 11) is -2.81. The normalized spacial score (nSPS) is 15.8. The molecule has 0 bridgehead atoms. The van der Waals surface area contributed by atoms with Gasteiger partial charge in [0.25, 0.3) is 0 Å². The van der Waals surface area contributed by atoms with Crippen LogP contribution in [0.5, 0.6) is 0 Å². The second-order valence-electron chi connectivity index (χ2n) is 5.47. The SMILES string of the molecule is CCCNCC(C)(CCC)CCCS(C)(=O)=O. The van der Waals surface area contributed by atoms with Crippen LogP contribution in [-0.2, 0) is 9.84 Å². The maximum Gasteiger partial charge on any atom is 0.147 e. The molecule has 4 heteroatoms. The van der Waals surface area contributed by atoms with Gasteiger partial charge in [0.15, 0.2) is 0 Å². The molecule has 104 valence electrons. The Bertz CT molecular complexity index is 288. The first-order valence-corrected chi connectivity index (χ1v) is 8.77. The molecule has 1 unspecified atom stereocenters. The highest BCUT2D eigenvalue weighted by Crippen LogP contribution is 2.28. The third kappa shape index (κ3) is 9.60. The van der Waals surface area contributed by atoms with Crippen molar-refractivity contribution in [3.8, 4) is 0 Å². The third-order valence-electron chi connectivity index (χ3n) is 3.13. The molecule has 0 rings (SSSR count). The second kappa shape index (κ2) is 8.09. The van der Waals surface area contributed by atoms with E-state index in [1.165, 1.54) is 6.26 Å². The van der Waals surface area contributed by atoms with Crippen molar-refractivity contribution < 1.29 is 8.42 Å². The molecule has 17 heavy (non-hydrogen) atoms. The fourth-order valence-electron chi connectivity index (χ4n) is 2.23. The number of nitrogens with one attached hydrogen (secondary N) is 1. The Labute approximate surface area is 107 Å². The van der Waals surface area contributed by atoms with Crippen LogP contribution in [0, 0.1) is 5.41 Å². The molecule has 0 fully saturated rings. The Kier molecular flexibility index (Phi) is 8.05. The van der Waals surface area contributed by atoms with Crippen LogP contribution in [0.15, 0.2) is 0 Å². The van der Waals surface area contributed by atoms with E-state index in [4.69, 9.17) is 0 Å². The quantitative estimate of drug-likeness (QED) is 0.616. The lowest BCUT2D eigenvalue weighted by atomic mass is 9.81. The molecule has 0 aromatic heterocycles. The lowest BCUT2D eigenvalue weighted by Crippen LogP contribution is -2.32. The van der Waals surface area contributed by atoms with Crippen molar-refractivity contribution in [1.82, 2.24) is 5.32 Å². The van der Waals surface area contributed by atoms with Gasteiger partial charge in [0.1, 0.15) is 9.84 Å². The fourth-order valence-corrected chi connectivity index (χ4v) is 2.90. The van der Waals surface area contributed by atoms with E-state index in [0.29, 0.717) is 5.75 Å². The molecule has 1 atom stereocenters. The Hall–Kier alpha value is -0.0900. The lowest BCUT2D eigenvalue weighted by molar-refractivity contribution is 0.254. The molecule has 0 saturated heterocycles. The van der Waals surface area contributed by atoms with Gasteiger partial charge in [0, 0.05) is 18.6 Å². The van der Waals surface area contributed by atoms with Crippen LogP contribution in [0.4, 0.5) is 0 Å². The maximum absolute atomic E-state index is 11.1. The molecular formula is C13H29NO2S. The van der Waals surface area contributed by atoms with Crippen molar-refractivity contribution in [2.24, 2.45) is 5.41 Å². The largest absolute Gasteiger partial charge is 0.316 e. The van der Waals surface area contributed by atoms with Gasteiger partial charge in [-0.3, -0.25) is 0 Å². The number of hydrogen-bond donors (Lipinski definition) is 1. The molecule has 0 aliphatic heterocycles. The Morgan fingerprint density at radius 1 is 1.12 bits per heavy atom. The van der Waals surface area contributed by atoms with Crippen LogP contribution in [-0.4, -0.2) is 33.5 Å². The average Bonchev–Trinajstić information content (AvgIpc) is 2.16. The van der Waals surface area contributed by atoms with Crippen molar-refractivity contribution >= 4 is 9.84 Å². The van der Waals surface area contributed by atoms with Gasteiger partial charge in [-0.15, -0.1) is 0 Å². The minimum atomic E-state index is -2.81. The van der Waals surface area contributed by atoms with Crippen molar-refractivity contribution in [2.75, 3.05) is 25.1 Å². The van der Waals surface area contributed by atoms with Crippen LogP contribution in [0.3, 0.4) is 0 Å². The summed E-state index contributed by atoms with van der Waals surface area (Å²) < 4.78 is 22.2. The molecule has 0 saturated carbocycles. The van der Waals surface area contributed by atoms with Gasteiger partial charge in [-0.2, -0.15) is 0 Å². The van der Waals surface area contributed by atoms with Crippen molar-refractivity contribution in [3.05, 3.63) is 0 Å². The number of sulfone groups is 1. The Balaban J connectivity index is 4.10. The van der Waals surface area contributed by atoms with Crippen LogP contribution in [0.2, 0.25) is 0 Å². The Morgan fingerprint density at radius 3 is 2.24 bits per heavy atom. The summed E-state index contributed by atoms with van der Waals surface area (Å²) in [4.78, 5) is 0. The van der Waals surface area contributed by atoms with Gasteiger partial charge in [-0.05, 0) is 37.6 Å². The summed E-state index contributed by atoms with van der Waals surface area (Å²) in [6, 6.07) is 0. The van der Waals surface area contributed by atoms with Gasteiger partial charge >= 0.3 is 0 Å². The van der Waals surface area contributed by atoms with Crippen molar-refractivity contribution in [2.45, 2.75) is 52.9 Å². The summed E-state index contributed by atoms with van der Waals surface area (Å²) in [5.74, 6) is 0.320. The highest BCUT2D eigenvalue weighted by molar-refractivity contribution is 7.90. The topological polar surface area (TPSA) is 46.2 Å². The van der Waals surface area contributed by atoms with Crippen molar-refractivity contribution in [3.63, 3.8) is 0 Å². The summed E-state index contributed by atoms with van der Waals surface area (Å²) in [6.07, 6.45) is 6.55. The lowest BCUT2D eigenvalue weighted by Gasteiger charge is -2.29. The third-order valence-corrected chi connectivity index (χ3v) is 4.16. The van der Waals surface area contributed by atoms with Crippen molar-refractivity contribution in [1.29, 1.82) is 0 Å². The zero-order chi connectivity index (χ0) is 13.4. The molecule has 0 aliphatic rings. The number of hydrogen-bond acceptors (Lipinski definition) is 3. The second-order valence-corrected chi connectivity index (χ2v) is 7.73. The zero-order valence-corrected chi connectivity index (χ0v) is 12.7. The Morgan fingerprint density at radius 2 is 1.76 bits per heavy atom. The monoisotopic (exact) mass is 263 g/mol. The summed E-state index contributed by atoms with van der Waals surface area (Å²) in [6.45, 7) is 8.66. The molecule has 1 N–H and O–H groups in total. The molecule has 3 nitrogen and oxygen atoms in total. The summed E-state index contributed by atoms with van der Waals surface area (Å²) >= 11 is 0. The fraction of sp³-hybridized carbons (Fsp3) is 1.00. The van der Waals surface area contributed by atoms with Crippen LogP contribution >= 0.6 is 0 Å². The predicted molar refractivity (Wildman–Crippen MR) is 75.1 cm³/mol. The van der Waals surface area contributed by atoms with E-state index >= 15 is 0 Å². The first-order chi connectivity index (χ1) is 7.83. The predicted octanol–water partition coefficient (Wildman–Crippen LogP) is 2.62. The molecular weight excluding hydrogens is 234 g/mol. The van der Waals surface area contributed by atoms with Gasteiger partial charge in [-0.1, -0.05) is 27.2 Å². The minimum Gasteiger partial charge on any atom is -0.316 e. The molecule has 0 heterocycles. The molecule has 0 amide bonds. The maximum atomic E-state index is 11.1. The zero-order valence-electron chi connectivity index (χ0n) is 11.9. The molecule has 0 spiro atoms. The highest BCUT2D eigenvalue weighted by Gasteiger charge is 2.22. The average molecular weight is 263 g/mol. The first-order valence-electron chi connectivity index (χ1n) is 6.71.